The van der Waals surface area contributed by atoms with E-state index in [0.29, 0.717) is 30.8 Å². The van der Waals surface area contributed by atoms with Crippen molar-refractivity contribution in [1.82, 2.24) is 4.90 Å². The number of likely N-dealkylation sites (N-methyl/N-ethyl adjacent to an activating group) is 1. The molecule has 0 aliphatic carbocycles. The summed E-state index contributed by atoms with van der Waals surface area (Å²) in [6.45, 7) is 2.21. The van der Waals surface area contributed by atoms with E-state index in [1.807, 2.05) is 24.3 Å². The zero-order valence-electron chi connectivity index (χ0n) is 18.2. The van der Waals surface area contributed by atoms with Crippen LogP contribution in [0.15, 0.2) is 41.3 Å². The molecule has 2 aromatic rings. The van der Waals surface area contributed by atoms with Crippen LogP contribution < -0.4 is 9.88 Å². The third-order valence-electron chi connectivity index (χ3n) is 5.51. The fourth-order valence-corrected chi connectivity index (χ4v) is 4.72. The van der Waals surface area contributed by atoms with E-state index in [9.17, 15) is 13.2 Å². The number of carbonyl (C=O) groups excluding carboxylic acids is 1. The molecule has 1 aliphatic heterocycles. The predicted molar refractivity (Wildman–Crippen MR) is 130 cm³/mol. The molecule has 9 heteroatoms. The number of Topliss-reactive ketones (excluding diaryl/α,β-unsaturated/α-hetero) is 1. The van der Waals surface area contributed by atoms with Gasteiger partial charge in [-0.3, -0.25) is 4.79 Å². The molecule has 0 radical (unpaired) electrons. The van der Waals surface area contributed by atoms with Gasteiger partial charge in [-0.05, 0) is 75.0 Å². The Morgan fingerprint density at radius 3 is 2.66 bits per heavy atom. The number of unbranched alkanes of at least 4 members (excludes halogenated alkanes) is 1. The molecule has 0 fully saturated rings. The first-order chi connectivity index (χ1) is 14.8. The molecule has 176 valence electrons. The van der Waals surface area contributed by atoms with E-state index in [2.05, 4.69) is 11.9 Å². The van der Waals surface area contributed by atoms with Gasteiger partial charge in [-0.25, -0.2) is 13.6 Å². The van der Waals surface area contributed by atoms with Crippen LogP contribution in [0.25, 0.3) is 0 Å². The molecule has 3 rings (SSSR count). The van der Waals surface area contributed by atoms with E-state index in [1.165, 1.54) is 6.07 Å². The van der Waals surface area contributed by atoms with Gasteiger partial charge >= 0.3 is 0 Å². The number of benzene rings is 2. The molecule has 0 atom stereocenters. The maximum Gasteiger partial charge on any atom is 0.241 e. The number of hydrogen-bond donors (Lipinski definition) is 1. The van der Waals surface area contributed by atoms with Crippen LogP contribution in [0.4, 0.5) is 0 Å². The Bertz CT molecular complexity index is 1040. The summed E-state index contributed by atoms with van der Waals surface area (Å²) in [7, 11) is -1.91. The van der Waals surface area contributed by atoms with Crippen molar-refractivity contribution in [3.8, 4) is 5.75 Å². The normalized spacial score (nSPS) is 13.2. The highest BCUT2D eigenvalue weighted by molar-refractivity contribution is 7.89. The second kappa shape index (κ2) is 12.0. The van der Waals surface area contributed by atoms with Gasteiger partial charge in [0, 0.05) is 23.6 Å². The molecule has 0 saturated carbocycles. The first-order valence-electron chi connectivity index (χ1n) is 10.5. The highest BCUT2D eigenvalue weighted by atomic mass is 35.5. The average Bonchev–Trinajstić information content (AvgIpc) is 2.74. The van der Waals surface area contributed by atoms with Crippen LogP contribution in [-0.2, 0) is 22.9 Å². The number of sulfonamides is 1. The number of carbonyl (C=O) groups is 1. The molecule has 6 nitrogen and oxygen atoms in total. The molecule has 0 bridgehead atoms. The molecule has 32 heavy (non-hydrogen) atoms. The third kappa shape index (κ3) is 7.18. The number of nitrogens with two attached hydrogens (primary N) is 1. The van der Waals surface area contributed by atoms with Gasteiger partial charge < -0.3 is 9.64 Å². The predicted octanol–water partition coefficient (Wildman–Crippen LogP) is 4.26. The summed E-state index contributed by atoms with van der Waals surface area (Å²) < 4.78 is 29.5. The Kier molecular flexibility index (Phi) is 9.98. The van der Waals surface area contributed by atoms with E-state index in [4.69, 9.17) is 21.5 Å². The first-order valence-corrected chi connectivity index (χ1v) is 12.5. The van der Waals surface area contributed by atoms with Crippen LogP contribution in [-0.4, -0.2) is 45.8 Å². The number of primary sulfonamides is 1. The van der Waals surface area contributed by atoms with Crippen molar-refractivity contribution in [3.63, 3.8) is 0 Å². The molecule has 0 amide bonds. The third-order valence-corrected chi connectivity index (χ3v) is 6.80. The molecule has 0 unspecified atom stereocenters. The first kappa shape index (κ1) is 26.6. The van der Waals surface area contributed by atoms with Crippen LogP contribution in [0.2, 0.25) is 5.02 Å². The van der Waals surface area contributed by atoms with Gasteiger partial charge in [-0.2, -0.15) is 0 Å². The number of nitrogens with zero attached hydrogens (tertiary/aromatic N) is 1. The van der Waals surface area contributed by atoms with Gasteiger partial charge in [0.15, 0.2) is 5.78 Å². The maximum absolute atomic E-state index is 12.7. The molecule has 2 N–H and O–H groups in total. The number of rotatable bonds is 10. The zero-order valence-corrected chi connectivity index (χ0v) is 20.6. The van der Waals surface area contributed by atoms with Crippen LogP contribution >= 0.6 is 24.0 Å². The largest absolute Gasteiger partial charge is 0.492 e. The van der Waals surface area contributed by atoms with Gasteiger partial charge in [0.2, 0.25) is 10.0 Å². The molecule has 0 aromatic heterocycles. The Morgan fingerprint density at radius 2 is 1.94 bits per heavy atom. The molecule has 1 heterocycles. The Labute approximate surface area is 201 Å². The van der Waals surface area contributed by atoms with Crippen molar-refractivity contribution >= 4 is 39.8 Å². The van der Waals surface area contributed by atoms with E-state index < -0.39 is 10.0 Å². The van der Waals surface area contributed by atoms with Crippen LogP contribution in [0.5, 0.6) is 5.75 Å². The molecular formula is C23H30Cl2N2O4S. The highest BCUT2D eigenvalue weighted by Gasteiger charge is 2.24. The van der Waals surface area contributed by atoms with Crippen molar-refractivity contribution in [1.29, 1.82) is 0 Å². The number of aryl methyl sites for hydroxylation is 1. The summed E-state index contributed by atoms with van der Waals surface area (Å²) in [6, 6.07) is 11.0. The summed E-state index contributed by atoms with van der Waals surface area (Å²) in [4.78, 5) is 14.8. The lowest BCUT2D eigenvalue weighted by atomic mass is 9.99. The van der Waals surface area contributed by atoms with Gasteiger partial charge in [-0.15, -0.1) is 12.4 Å². The number of halogens is 2. The van der Waals surface area contributed by atoms with Gasteiger partial charge in [0.05, 0.1) is 6.61 Å². The molecule has 0 saturated heterocycles. The minimum atomic E-state index is -3.96. The Morgan fingerprint density at radius 1 is 1.19 bits per heavy atom. The second-order valence-electron chi connectivity index (χ2n) is 7.98. The minimum Gasteiger partial charge on any atom is -0.492 e. The molecule has 2 aromatic carbocycles. The van der Waals surface area contributed by atoms with Crippen LogP contribution in [0, 0.1) is 0 Å². The van der Waals surface area contributed by atoms with Crippen molar-refractivity contribution in [2.24, 2.45) is 5.14 Å². The Balaban J connectivity index is 0.00000363. The quantitative estimate of drug-likeness (QED) is 0.388. The standard InChI is InChI=1S/C23H29ClN2O4S.ClH/c1-26(13-11-17-7-2-3-9-20(17)24)12-5-4-10-21(27)19-15-18-8-6-14-30-23(18)22(16-19)31(25,28)29;/h2-3,7,9,15-16H,4-6,8,10-14H2,1H3,(H2,25,28,29);1H. The number of ether oxygens (including phenoxy) is 1. The summed E-state index contributed by atoms with van der Waals surface area (Å²) >= 11 is 6.20. The second-order valence-corrected chi connectivity index (χ2v) is 9.92. The summed E-state index contributed by atoms with van der Waals surface area (Å²) in [5.74, 6) is 0.224. The fourth-order valence-electron chi connectivity index (χ4n) is 3.75. The topological polar surface area (TPSA) is 89.7 Å². The minimum absolute atomic E-state index is 0. The smallest absolute Gasteiger partial charge is 0.241 e. The van der Waals surface area contributed by atoms with Crippen LogP contribution in [0.3, 0.4) is 0 Å². The van der Waals surface area contributed by atoms with E-state index in [-0.39, 0.29) is 23.1 Å². The van der Waals surface area contributed by atoms with Crippen LogP contribution in [0.1, 0.15) is 47.2 Å². The monoisotopic (exact) mass is 500 g/mol. The highest BCUT2D eigenvalue weighted by Crippen LogP contribution is 2.33. The van der Waals surface area contributed by atoms with Gasteiger partial charge in [0.25, 0.3) is 0 Å². The Hall–Kier alpha value is -1.64. The zero-order chi connectivity index (χ0) is 22.4. The maximum atomic E-state index is 12.7. The SMILES string of the molecule is CN(CCCCC(=O)c1cc2c(c(S(N)(=O)=O)c1)OCCC2)CCc1ccccc1Cl.Cl. The molecular weight excluding hydrogens is 471 g/mol. The van der Waals surface area contributed by atoms with E-state index >= 15 is 0 Å². The van der Waals surface area contributed by atoms with E-state index in [1.54, 1.807) is 6.07 Å². The lowest BCUT2D eigenvalue weighted by Crippen LogP contribution is -2.22. The van der Waals surface area contributed by atoms with Crippen molar-refractivity contribution in [2.45, 2.75) is 43.4 Å². The number of ketones is 1. The van der Waals surface area contributed by atoms with Crippen molar-refractivity contribution in [3.05, 3.63) is 58.1 Å². The molecule has 1 aliphatic rings. The van der Waals surface area contributed by atoms with Crippen molar-refractivity contribution < 1.29 is 17.9 Å². The summed E-state index contributed by atoms with van der Waals surface area (Å²) in [5.41, 5.74) is 2.26. The summed E-state index contributed by atoms with van der Waals surface area (Å²) in [5, 5.41) is 6.14. The number of hydrogen-bond acceptors (Lipinski definition) is 5. The molecule has 0 spiro atoms. The lowest BCUT2D eigenvalue weighted by Gasteiger charge is -2.20. The van der Waals surface area contributed by atoms with Crippen molar-refractivity contribution in [2.75, 3.05) is 26.7 Å². The van der Waals surface area contributed by atoms with Gasteiger partial charge in [0.1, 0.15) is 10.6 Å². The van der Waals surface area contributed by atoms with E-state index in [0.717, 1.165) is 54.9 Å². The van der Waals surface area contributed by atoms with Gasteiger partial charge in [-0.1, -0.05) is 29.8 Å². The lowest BCUT2D eigenvalue weighted by molar-refractivity contribution is 0.0977. The number of fused-ring (bicyclic) bond motifs is 1. The summed E-state index contributed by atoms with van der Waals surface area (Å²) in [6.07, 6.45) is 4.31. The fraction of sp³-hybridized carbons (Fsp3) is 0.435. The average molecular weight is 501 g/mol.